The molecule has 0 aliphatic carbocycles. The third kappa shape index (κ3) is 5.22. The number of likely N-dealkylation sites (N-methyl/N-ethyl adjacent to an activating group) is 1. The minimum Gasteiger partial charge on any atom is -1.00 e. The van der Waals surface area contributed by atoms with E-state index in [0.717, 1.165) is 13.1 Å². The first-order valence-electron chi connectivity index (χ1n) is 6.83. The fraction of sp³-hybridized carbons (Fsp3) is 0.462. The van der Waals surface area contributed by atoms with E-state index >= 15 is 0 Å². The minimum atomic E-state index is -3.57. The number of nitrogens with zero attached hydrogens (tertiary/aromatic N) is 1. The topological polar surface area (TPSA) is 82.9 Å². The van der Waals surface area contributed by atoms with Crippen molar-refractivity contribution in [3.8, 4) is 0 Å². The van der Waals surface area contributed by atoms with E-state index < -0.39 is 10.0 Å². The lowest BCUT2D eigenvalue weighted by Gasteiger charge is -2.29. The molecule has 0 spiro atoms. The number of hydrogen-bond donors (Lipinski definition) is 3. The number of hydrazine groups is 1. The van der Waals surface area contributed by atoms with Crippen LogP contribution in [0.5, 0.6) is 0 Å². The summed E-state index contributed by atoms with van der Waals surface area (Å²) in [5.41, 5.74) is 0.574. The van der Waals surface area contributed by atoms with Crippen molar-refractivity contribution in [1.29, 1.82) is 0 Å². The Bertz CT molecular complexity index is 598. The van der Waals surface area contributed by atoms with Crippen LogP contribution in [-0.2, 0) is 14.8 Å². The van der Waals surface area contributed by atoms with Gasteiger partial charge in [0.05, 0.1) is 38.1 Å². The van der Waals surface area contributed by atoms with Gasteiger partial charge in [-0.3, -0.25) is 4.79 Å². The Balaban J connectivity index is 0.00000242. The van der Waals surface area contributed by atoms with Crippen LogP contribution in [0.1, 0.15) is 6.92 Å². The number of rotatable bonds is 4. The molecule has 0 bridgehead atoms. The Kier molecular flexibility index (Phi) is 6.76. The second kappa shape index (κ2) is 7.89. The van der Waals surface area contributed by atoms with Gasteiger partial charge in [-0.2, -0.15) is 0 Å². The molecule has 0 radical (unpaired) electrons. The number of amides is 1. The van der Waals surface area contributed by atoms with E-state index in [1.54, 1.807) is 17.1 Å². The summed E-state index contributed by atoms with van der Waals surface area (Å²) in [5, 5.41) is 4.33. The number of hydrogen-bond acceptors (Lipinski definition) is 4. The molecule has 1 saturated heterocycles. The summed E-state index contributed by atoms with van der Waals surface area (Å²) in [4.78, 5) is 15.1. The molecule has 0 atom stereocenters. The first-order valence-corrected chi connectivity index (χ1v) is 8.31. The standard InChI is InChI=1S/C13H20N4O3S.ClH/c1-11(18)14-12-3-5-13(6-4-12)21(19,20)15-17-9-7-16(2)8-10-17;/h3-6,15H,7-10H2,1-2H3,(H,14,18);1H. The van der Waals surface area contributed by atoms with Gasteiger partial charge in [-0.15, -0.1) is 4.83 Å². The molecule has 1 aliphatic heterocycles. The first-order chi connectivity index (χ1) is 9.87. The molecule has 7 nitrogen and oxygen atoms in total. The van der Waals surface area contributed by atoms with Crippen molar-refractivity contribution in [1.82, 2.24) is 9.84 Å². The number of quaternary nitrogens is 1. The molecule has 0 unspecified atom stereocenters. The molecule has 0 saturated carbocycles. The van der Waals surface area contributed by atoms with Crippen molar-refractivity contribution < 1.29 is 30.5 Å². The Labute approximate surface area is 137 Å². The van der Waals surface area contributed by atoms with Crippen molar-refractivity contribution in [2.24, 2.45) is 0 Å². The zero-order chi connectivity index (χ0) is 15.5. The lowest BCUT2D eigenvalue weighted by molar-refractivity contribution is -0.884. The van der Waals surface area contributed by atoms with Crippen molar-refractivity contribution >= 4 is 21.6 Å². The summed E-state index contributed by atoms with van der Waals surface area (Å²) < 4.78 is 24.5. The van der Waals surface area contributed by atoms with Gasteiger partial charge >= 0.3 is 0 Å². The van der Waals surface area contributed by atoms with Gasteiger partial charge in [0.2, 0.25) is 5.91 Å². The molecule has 1 aromatic carbocycles. The van der Waals surface area contributed by atoms with E-state index in [9.17, 15) is 13.2 Å². The van der Waals surface area contributed by atoms with E-state index in [-0.39, 0.29) is 23.2 Å². The van der Waals surface area contributed by atoms with Gasteiger partial charge in [0.15, 0.2) is 0 Å². The fourth-order valence-electron chi connectivity index (χ4n) is 2.12. The minimum absolute atomic E-state index is 0. The molecule has 1 aromatic rings. The number of carbonyl (C=O) groups is 1. The molecule has 1 aliphatic rings. The molecule has 124 valence electrons. The van der Waals surface area contributed by atoms with Crippen molar-refractivity contribution in [3.05, 3.63) is 24.3 Å². The van der Waals surface area contributed by atoms with Crippen molar-refractivity contribution in [3.63, 3.8) is 0 Å². The average Bonchev–Trinajstić information content (AvgIpc) is 2.41. The SMILES string of the molecule is CC(=O)Nc1ccc(S(=O)(=O)NN2CC[NH+](C)CC2)cc1.[Cl-]. The summed E-state index contributed by atoms with van der Waals surface area (Å²) in [6.07, 6.45) is 0. The second-order valence-corrected chi connectivity index (χ2v) is 6.91. The maximum Gasteiger partial charge on any atom is 0.253 e. The molecule has 9 heteroatoms. The zero-order valence-corrected chi connectivity index (χ0v) is 14.2. The Morgan fingerprint density at radius 1 is 1.18 bits per heavy atom. The summed E-state index contributed by atoms with van der Waals surface area (Å²) >= 11 is 0. The van der Waals surface area contributed by atoms with E-state index in [0.29, 0.717) is 18.8 Å². The number of sulfonamides is 1. The Morgan fingerprint density at radius 2 is 1.73 bits per heavy atom. The normalized spacial score (nSPS) is 16.8. The van der Waals surface area contributed by atoms with Crippen LogP contribution >= 0.6 is 0 Å². The number of benzene rings is 1. The van der Waals surface area contributed by atoms with Crippen molar-refractivity contribution in [2.45, 2.75) is 11.8 Å². The molecule has 2 rings (SSSR count). The highest BCUT2D eigenvalue weighted by atomic mass is 35.5. The van der Waals surface area contributed by atoms with Crippen LogP contribution < -0.4 is 27.5 Å². The van der Waals surface area contributed by atoms with Crippen LogP contribution in [0.4, 0.5) is 5.69 Å². The highest BCUT2D eigenvalue weighted by Crippen LogP contribution is 2.14. The highest BCUT2D eigenvalue weighted by Gasteiger charge is 2.22. The maximum atomic E-state index is 12.3. The van der Waals surface area contributed by atoms with Gasteiger partial charge < -0.3 is 22.6 Å². The van der Waals surface area contributed by atoms with Crippen LogP contribution in [0.2, 0.25) is 0 Å². The lowest BCUT2D eigenvalue weighted by atomic mass is 10.3. The van der Waals surface area contributed by atoms with Crippen LogP contribution in [0.15, 0.2) is 29.2 Å². The van der Waals surface area contributed by atoms with Crippen LogP contribution in [0.25, 0.3) is 0 Å². The smallest absolute Gasteiger partial charge is 0.253 e. The van der Waals surface area contributed by atoms with Gasteiger partial charge in [0, 0.05) is 12.6 Å². The number of halogens is 1. The molecule has 3 N–H and O–H groups in total. The predicted molar refractivity (Wildman–Crippen MR) is 79.3 cm³/mol. The Morgan fingerprint density at radius 3 is 2.23 bits per heavy atom. The van der Waals surface area contributed by atoms with E-state index in [1.807, 2.05) is 0 Å². The molecular weight excluding hydrogens is 328 g/mol. The van der Waals surface area contributed by atoms with Gasteiger partial charge in [0.1, 0.15) is 0 Å². The molecule has 1 heterocycles. The number of carbonyl (C=O) groups excluding carboxylic acids is 1. The van der Waals surface area contributed by atoms with Gasteiger partial charge in [-0.1, -0.05) is 0 Å². The van der Waals surface area contributed by atoms with Gasteiger partial charge in [0.25, 0.3) is 10.0 Å². The third-order valence-electron chi connectivity index (χ3n) is 3.35. The van der Waals surface area contributed by atoms with E-state index in [4.69, 9.17) is 0 Å². The monoisotopic (exact) mass is 348 g/mol. The summed E-state index contributed by atoms with van der Waals surface area (Å²) in [6.45, 7) is 4.60. The van der Waals surface area contributed by atoms with Crippen LogP contribution in [0, 0.1) is 0 Å². The maximum absolute atomic E-state index is 12.3. The average molecular weight is 349 g/mol. The second-order valence-electron chi connectivity index (χ2n) is 5.24. The molecule has 22 heavy (non-hydrogen) atoms. The quantitative estimate of drug-likeness (QED) is 0.514. The fourth-order valence-corrected chi connectivity index (χ4v) is 3.25. The van der Waals surface area contributed by atoms with E-state index in [2.05, 4.69) is 17.2 Å². The lowest BCUT2D eigenvalue weighted by Crippen LogP contribution is -3.12. The van der Waals surface area contributed by atoms with Crippen LogP contribution in [0.3, 0.4) is 0 Å². The molecule has 1 fully saturated rings. The van der Waals surface area contributed by atoms with Gasteiger partial charge in [-0.05, 0) is 24.3 Å². The highest BCUT2D eigenvalue weighted by molar-refractivity contribution is 7.89. The van der Waals surface area contributed by atoms with E-state index in [1.165, 1.54) is 24.0 Å². The Hall–Kier alpha value is -1.19. The number of piperazine rings is 1. The first kappa shape index (κ1) is 18.9. The van der Waals surface area contributed by atoms with Crippen molar-refractivity contribution in [2.75, 3.05) is 38.5 Å². The largest absolute Gasteiger partial charge is 1.00 e. The third-order valence-corrected chi connectivity index (χ3v) is 4.74. The predicted octanol–water partition coefficient (Wildman–Crippen LogP) is -4.33. The number of anilines is 1. The number of nitrogens with one attached hydrogen (secondary N) is 3. The molecule has 0 aromatic heterocycles. The summed E-state index contributed by atoms with van der Waals surface area (Å²) in [5.74, 6) is -0.191. The summed E-state index contributed by atoms with van der Waals surface area (Å²) in [6, 6.07) is 6.11. The van der Waals surface area contributed by atoms with Crippen LogP contribution in [-0.4, -0.2) is 52.6 Å². The molecular formula is C13H21ClN4O3S. The zero-order valence-electron chi connectivity index (χ0n) is 12.6. The molecule has 1 amide bonds. The summed E-state index contributed by atoms with van der Waals surface area (Å²) in [7, 11) is -1.48. The van der Waals surface area contributed by atoms with Gasteiger partial charge in [-0.25, -0.2) is 13.4 Å².